The van der Waals surface area contributed by atoms with Crippen molar-refractivity contribution in [2.75, 3.05) is 18.0 Å². The summed E-state index contributed by atoms with van der Waals surface area (Å²) in [6.07, 6.45) is 1.18. The van der Waals surface area contributed by atoms with Crippen LogP contribution in [0.4, 0.5) is 5.95 Å². The van der Waals surface area contributed by atoms with Crippen LogP contribution in [0.5, 0.6) is 5.88 Å². The molecule has 2 heterocycles. The molecule has 5 heteroatoms. The highest BCUT2D eigenvalue weighted by Crippen LogP contribution is 2.22. The van der Waals surface area contributed by atoms with Crippen LogP contribution in [0.25, 0.3) is 0 Å². The standard InChI is InChI=1S/C14H24N4O/c1-9(2)19-13-6-11(4)16-14(17-13)18-7-10(3)5-12(15)8-18/h6,9-10,12H,5,7-8,15H2,1-4H3. The summed E-state index contributed by atoms with van der Waals surface area (Å²) >= 11 is 0. The van der Waals surface area contributed by atoms with Crippen LogP contribution in [0.1, 0.15) is 32.9 Å². The average Bonchev–Trinajstić information content (AvgIpc) is 2.25. The van der Waals surface area contributed by atoms with Gasteiger partial charge in [-0.2, -0.15) is 4.98 Å². The van der Waals surface area contributed by atoms with E-state index in [0.717, 1.165) is 31.2 Å². The van der Waals surface area contributed by atoms with Gasteiger partial charge in [-0.3, -0.25) is 0 Å². The van der Waals surface area contributed by atoms with Gasteiger partial charge in [-0.1, -0.05) is 6.92 Å². The van der Waals surface area contributed by atoms with Gasteiger partial charge in [-0.15, -0.1) is 0 Å². The molecule has 0 amide bonds. The molecule has 5 nitrogen and oxygen atoms in total. The molecule has 1 saturated heterocycles. The quantitative estimate of drug-likeness (QED) is 0.901. The molecule has 2 rings (SSSR count). The van der Waals surface area contributed by atoms with Crippen molar-refractivity contribution < 1.29 is 4.74 Å². The number of ether oxygens (including phenoxy) is 1. The van der Waals surface area contributed by atoms with Gasteiger partial charge in [-0.25, -0.2) is 4.98 Å². The fourth-order valence-corrected chi connectivity index (χ4v) is 2.53. The highest BCUT2D eigenvalue weighted by molar-refractivity contribution is 5.35. The number of nitrogens with two attached hydrogens (primary N) is 1. The fraction of sp³-hybridized carbons (Fsp3) is 0.714. The third kappa shape index (κ3) is 3.80. The molecule has 0 saturated carbocycles. The lowest BCUT2D eigenvalue weighted by molar-refractivity contribution is 0.232. The minimum atomic E-state index is 0.115. The average molecular weight is 264 g/mol. The van der Waals surface area contributed by atoms with Crippen molar-refractivity contribution in [1.82, 2.24) is 9.97 Å². The molecule has 0 bridgehead atoms. The Morgan fingerprint density at radius 1 is 1.37 bits per heavy atom. The number of nitrogens with zero attached hydrogens (tertiary/aromatic N) is 3. The van der Waals surface area contributed by atoms with Crippen molar-refractivity contribution in [3.05, 3.63) is 11.8 Å². The molecule has 1 aliphatic rings. The maximum absolute atomic E-state index is 6.08. The first-order valence-corrected chi connectivity index (χ1v) is 6.97. The first kappa shape index (κ1) is 14.1. The molecule has 1 aliphatic heterocycles. The zero-order valence-electron chi connectivity index (χ0n) is 12.3. The van der Waals surface area contributed by atoms with Crippen molar-refractivity contribution in [3.8, 4) is 5.88 Å². The van der Waals surface area contributed by atoms with Crippen LogP contribution < -0.4 is 15.4 Å². The van der Waals surface area contributed by atoms with Crippen LogP contribution in [-0.2, 0) is 0 Å². The summed E-state index contributed by atoms with van der Waals surface area (Å²) in [6.45, 7) is 9.94. The molecule has 0 spiro atoms. The Labute approximate surface area is 115 Å². The van der Waals surface area contributed by atoms with Gasteiger partial charge >= 0.3 is 0 Å². The summed E-state index contributed by atoms with van der Waals surface area (Å²) in [6, 6.07) is 2.07. The van der Waals surface area contributed by atoms with E-state index in [2.05, 4.69) is 21.8 Å². The Morgan fingerprint density at radius 3 is 2.74 bits per heavy atom. The molecule has 2 unspecified atom stereocenters. The number of hydrogen-bond donors (Lipinski definition) is 1. The molecule has 19 heavy (non-hydrogen) atoms. The summed E-state index contributed by atoms with van der Waals surface area (Å²) in [4.78, 5) is 11.2. The molecule has 0 aromatic carbocycles. The lowest BCUT2D eigenvalue weighted by Crippen LogP contribution is -2.47. The summed E-state index contributed by atoms with van der Waals surface area (Å²) in [5.41, 5.74) is 7.00. The van der Waals surface area contributed by atoms with Crippen molar-refractivity contribution in [1.29, 1.82) is 0 Å². The fourth-order valence-electron chi connectivity index (χ4n) is 2.53. The number of hydrogen-bond acceptors (Lipinski definition) is 5. The van der Waals surface area contributed by atoms with Crippen molar-refractivity contribution >= 4 is 5.95 Å². The molecule has 1 aromatic rings. The number of piperidine rings is 1. The van der Waals surface area contributed by atoms with E-state index >= 15 is 0 Å². The smallest absolute Gasteiger partial charge is 0.228 e. The molecule has 1 fully saturated rings. The second kappa shape index (κ2) is 5.74. The van der Waals surface area contributed by atoms with Crippen LogP contribution in [-0.4, -0.2) is 35.2 Å². The minimum Gasteiger partial charge on any atom is -0.475 e. The molecule has 1 aromatic heterocycles. The summed E-state index contributed by atoms with van der Waals surface area (Å²) < 4.78 is 5.67. The monoisotopic (exact) mass is 264 g/mol. The van der Waals surface area contributed by atoms with Gasteiger partial charge in [0.2, 0.25) is 11.8 Å². The molecule has 2 atom stereocenters. The molecule has 0 aliphatic carbocycles. The highest BCUT2D eigenvalue weighted by atomic mass is 16.5. The second-order valence-electron chi connectivity index (χ2n) is 5.82. The van der Waals surface area contributed by atoms with Gasteiger partial charge in [0.25, 0.3) is 0 Å². The van der Waals surface area contributed by atoms with E-state index in [9.17, 15) is 0 Å². The Morgan fingerprint density at radius 2 is 2.11 bits per heavy atom. The summed E-state index contributed by atoms with van der Waals surface area (Å²) in [5.74, 6) is 1.95. The third-order valence-corrected chi connectivity index (χ3v) is 3.15. The number of aromatic nitrogens is 2. The zero-order valence-corrected chi connectivity index (χ0v) is 12.3. The number of rotatable bonds is 3. The lowest BCUT2D eigenvalue weighted by Gasteiger charge is -2.35. The van der Waals surface area contributed by atoms with Gasteiger partial charge in [0.05, 0.1) is 6.10 Å². The van der Waals surface area contributed by atoms with Crippen molar-refractivity contribution in [2.24, 2.45) is 11.7 Å². The predicted molar refractivity (Wildman–Crippen MR) is 76.5 cm³/mol. The first-order valence-electron chi connectivity index (χ1n) is 6.97. The van der Waals surface area contributed by atoms with Crippen molar-refractivity contribution in [3.63, 3.8) is 0 Å². The topological polar surface area (TPSA) is 64.3 Å². The zero-order chi connectivity index (χ0) is 14.0. The van der Waals surface area contributed by atoms with Gasteiger partial charge in [0.15, 0.2) is 0 Å². The molecular weight excluding hydrogens is 240 g/mol. The van der Waals surface area contributed by atoms with E-state index in [-0.39, 0.29) is 12.1 Å². The number of anilines is 1. The van der Waals surface area contributed by atoms with Gasteiger partial charge < -0.3 is 15.4 Å². The predicted octanol–water partition coefficient (Wildman–Crippen LogP) is 1.75. The minimum absolute atomic E-state index is 0.115. The first-order chi connectivity index (χ1) is 8.94. The van der Waals surface area contributed by atoms with Gasteiger partial charge in [-0.05, 0) is 33.1 Å². The highest BCUT2D eigenvalue weighted by Gasteiger charge is 2.24. The van der Waals surface area contributed by atoms with Crippen LogP contribution in [0.15, 0.2) is 6.07 Å². The molecular formula is C14H24N4O. The van der Waals surface area contributed by atoms with Crippen LogP contribution in [0.2, 0.25) is 0 Å². The second-order valence-corrected chi connectivity index (χ2v) is 5.82. The molecule has 2 N–H and O–H groups in total. The summed E-state index contributed by atoms with van der Waals surface area (Å²) in [5, 5.41) is 0. The van der Waals surface area contributed by atoms with Gasteiger partial charge in [0.1, 0.15) is 0 Å². The maximum Gasteiger partial charge on any atom is 0.228 e. The van der Waals surface area contributed by atoms with E-state index in [0.29, 0.717) is 11.8 Å². The Balaban J connectivity index is 2.21. The Hall–Kier alpha value is -1.36. The molecule has 106 valence electrons. The van der Waals surface area contributed by atoms with E-state index in [1.54, 1.807) is 0 Å². The van der Waals surface area contributed by atoms with Crippen LogP contribution in [0.3, 0.4) is 0 Å². The Bertz CT molecular complexity index is 425. The van der Waals surface area contributed by atoms with Crippen molar-refractivity contribution in [2.45, 2.75) is 46.3 Å². The van der Waals surface area contributed by atoms with Crippen LogP contribution >= 0.6 is 0 Å². The number of aryl methyl sites for hydroxylation is 1. The summed E-state index contributed by atoms with van der Waals surface area (Å²) in [7, 11) is 0. The van der Waals surface area contributed by atoms with E-state index < -0.39 is 0 Å². The van der Waals surface area contributed by atoms with E-state index in [4.69, 9.17) is 10.5 Å². The third-order valence-electron chi connectivity index (χ3n) is 3.15. The lowest BCUT2D eigenvalue weighted by atomic mass is 9.97. The Kier molecular flexibility index (Phi) is 4.24. The van der Waals surface area contributed by atoms with E-state index in [1.165, 1.54) is 0 Å². The van der Waals surface area contributed by atoms with Crippen LogP contribution in [0, 0.1) is 12.8 Å². The normalized spacial score (nSPS) is 23.8. The SMILES string of the molecule is Cc1cc(OC(C)C)nc(N2CC(C)CC(N)C2)n1. The largest absolute Gasteiger partial charge is 0.475 e. The maximum atomic E-state index is 6.08. The molecule has 0 radical (unpaired) electrons. The van der Waals surface area contributed by atoms with E-state index in [1.807, 2.05) is 26.8 Å². The van der Waals surface area contributed by atoms with Gasteiger partial charge in [0, 0.05) is 30.9 Å².